The van der Waals surface area contributed by atoms with Crippen molar-refractivity contribution in [1.82, 2.24) is 0 Å². The molecule has 0 aromatic carbocycles. The van der Waals surface area contributed by atoms with Gasteiger partial charge in [-0.1, -0.05) is 141 Å². The third-order valence-electron chi connectivity index (χ3n) is 3.37. The van der Waals surface area contributed by atoms with Gasteiger partial charge in [0.1, 0.15) is 0 Å². The Bertz CT molecular complexity index is 593. The van der Waals surface area contributed by atoms with Crippen LogP contribution in [-0.4, -0.2) is 67.1 Å². The number of hydrogen-bond acceptors (Lipinski definition) is 6. The third-order valence-corrected chi connectivity index (χ3v) is 16.3. The van der Waals surface area contributed by atoms with Gasteiger partial charge < -0.3 is 18.1 Å². The first-order chi connectivity index (χ1) is 14.9. The lowest BCUT2D eigenvalue weighted by Gasteiger charge is -2.27. The third kappa shape index (κ3) is 13.4. The lowest BCUT2D eigenvalue weighted by molar-refractivity contribution is 0.211. The second-order valence-electron chi connectivity index (χ2n) is 6.08. The fourth-order valence-corrected chi connectivity index (χ4v) is 7.33. The Morgan fingerprint density at radius 3 is 0.906 bits per heavy atom. The normalized spacial score (nSPS) is 19.4. The lowest BCUT2D eigenvalue weighted by atomic mass is 10.5. The Morgan fingerprint density at radius 2 is 0.750 bits per heavy atom. The zero-order valence-electron chi connectivity index (χ0n) is 16.7. The summed E-state index contributed by atoms with van der Waals surface area (Å²) in [5, 5.41) is 1.94. The standard InChI is InChI=1S/C16H24Br8O6P2/c1-11(31(25,27-7-13(21)3-17)28-8-14(22)4-18)12(2)32(26,29-9-15(23)5-19)30-10-16(24)6-20/h13-16H,1-10H2. The number of alkyl halides is 8. The summed E-state index contributed by atoms with van der Waals surface area (Å²) >= 11 is 26.9. The van der Waals surface area contributed by atoms with Gasteiger partial charge in [0.05, 0.1) is 37.1 Å². The number of rotatable bonds is 19. The molecule has 190 valence electrons. The molecule has 6 nitrogen and oxygen atoms in total. The fraction of sp³-hybridized carbons (Fsp3) is 0.750. The van der Waals surface area contributed by atoms with Crippen LogP contribution in [0.4, 0.5) is 0 Å². The van der Waals surface area contributed by atoms with E-state index in [0.717, 1.165) is 0 Å². The molecule has 0 aromatic rings. The number of hydrogen-bond donors (Lipinski definition) is 0. The molecule has 0 bridgehead atoms. The first-order valence-electron chi connectivity index (χ1n) is 8.86. The van der Waals surface area contributed by atoms with Crippen molar-refractivity contribution in [2.75, 3.05) is 47.7 Å². The Morgan fingerprint density at radius 1 is 0.562 bits per heavy atom. The highest BCUT2D eigenvalue weighted by molar-refractivity contribution is 9.13. The molecule has 0 radical (unpaired) electrons. The molecule has 0 rings (SSSR count). The summed E-state index contributed by atoms with van der Waals surface area (Å²) in [4.78, 5) is -0.511. The monoisotopic (exact) mass is 1010 g/mol. The molecule has 0 fully saturated rings. The highest BCUT2D eigenvalue weighted by Gasteiger charge is 2.41. The van der Waals surface area contributed by atoms with Crippen LogP contribution in [-0.2, 0) is 27.2 Å². The van der Waals surface area contributed by atoms with Crippen molar-refractivity contribution in [2.24, 2.45) is 0 Å². The molecule has 4 unspecified atom stereocenters. The summed E-state index contributed by atoms with van der Waals surface area (Å²) in [6.45, 7) is 7.94. The van der Waals surface area contributed by atoms with Crippen molar-refractivity contribution < 1.29 is 27.2 Å². The summed E-state index contributed by atoms with van der Waals surface area (Å²) in [6, 6.07) is 0. The Kier molecular flexibility index (Phi) is 20.9. The minimum Gasteiger partial charge on any atom is -0.304 e. The average molecular weight is 1010 g/mol. The minimum absolute atomic E-state index is 0.0578. The smallest absolute Gasteiger partial charge is 0.304 e. The van der Waals surface area contributed by atoms with E-state index in [9.17, 15) is 9.13 Å². The highest BCUT2D eigenvalue weighted by atomic mass is 79.9. The second-order valence-corrected chi connectivity index (χ2v) is 17.9. The number of halogens is 8. The van der Waals surface area contributed by atoms with Gasteiger partial charge in [0, 0.05) is 40.6 Å². The Hall–Kier alpha value is 3.62. The van der Waals surface area contributed by atoms with Crippen LogP contribution in [0.2, 0.25) is 0 Å². The van der Waals surface area contributed by atoms with Crippen molar-refractivity contribution in [3.05, 3.63) is 23.8 Å². The van der Waals surface area contributed by atoms with Crippen LogP contribution >= 0.6 is 143 Å². The first-order valence-corrected chi connectivity index (χ1v) is 20.1. The SMILES string of the molecule is C=C(C(=C)P(=O)(OCC(Br)CBr)OCC(Br)CBr)P(=O)(OCC(Br)CBr)OCC(Br)CBr. The molecule has 0 aromatic heterocycles. The maximum absolute atomic E-state index is 13.7. The molecule has 0 amide bonds. The predicted octanol–water partition coefficient (Wildman–Crippen LogP) is 9.10. The summed E-state index contributed by atoms with van der Waals surface area (Å²) in [7, 11) is -7.95. The van der Waals surface area contributed by atoms with Crippen LogP contribution < -0.4 is 0 Å². The van der Waals surface area contributed by atoms with E-state index in [4.69, 9.17) is 18.1 Å². The summed E-state index contributed by atoms with van der Waals surface area (Å²) in [6.07, 6.45) is 0. The van der Waals surface area contributed by atoms with Gasteiger partial charge in [-0.2, -0.15) is 0 Å². The summed E-state index contributed by atoms with van der Waals surface area (Å²) in [5.74, 6) is 0. The molecule has 0 saturated carbocycles. The van der Waals surface area contributed by atoms with Crippen LogP contribution in [0.3, 0.4) is 0 Å². The van der Waals surface area contributed by atoms with Crippen molar-refractivity contribution >= 4 is 143 Å². The first kappa shape index (κ1) is 35.6. The van der Waals surface area contributed by atoms with Crippen molar-refractivity contribution in [3.63, 3.8) is 0 Å². The molecule has 0 aliphatic rings. The zero-order chi connectivity index (χ0) is 24.9. The van der Waals surface area contributed by atoms with E-state index < -0.39 is 15.2 Å². The quantitative estimate of drug-likeness (QED) is 0.0732. The van der Waals surface area contributed by atoms with Crippen LogP contribution in [0, 0.1) is 0 Å². The molecule has 0 aliphatic heterocycles. The lowest BCUT2D eigenvalue weighted by Crippen LogP contribution is -2.16. The predicted molar refractivity (Wildman–Crippen MR) is 163 cm³/mol. The molecule has 4 atom stereocenters. The zero-order valence-corrected chi connectivity index (χ0v) is 31.2. The van der Waals surface area contributed by atoms with E-state index in [1.165, 1.54) is 0 Å². The van der Waals surface area contributed by atoms with Gasteiger partial charge in [0.2, 0.25) is 0 Å². The van der Waals surface area contributed by atoms with Gasteiger partial charge in [-0.05, 0) is 0 Å². The molecule has 16 heteroatoms. The molecule has 0 aliphatic carbocycles. The Balaban J connectivity index is 5.83. The van der Waals surface area contributed by atoms with E-state index in [-0.39, 0.29) is 56.4 Å². The van der Waals surface area contributed by atoms with E-state index in [1.807, 2.05) is 0 Å². The highest BCUT2D eigenvalue weighted by Crippen LogP contribution is 2.68. The van der Waals surface area contributed by atoms with E-state index in [2.05, 4.69) is 141 Å². The summed E-state index contributed by atoms with van der Waals surface area (Å²) in [5.41, 5.74) is 0. The number of allylic oxidation sites excluding steroid dienone is 2. The molecule has 0 N–H and O–H groups in total. The fourth-order valence-electron chi connectivity index (χ4n) is 1.60. The molecule has 0 saturated heterocycles. The Labute approximate surface area is 257 Å². The van der Waals surface area contributed by atoms with Gasteiger partial charge in [-0.25, -0.2) is 0 Å². The van der Waals surface area contributed by atoms with Crippen LogP contribution in [0.5, 0.6) is 0 Å². The summed E-state index contributed by atoms with van der Waals surface area (Å²) < 4.78 is 49.9. The van der Waals surface area contributed by atoms with E-state index >= 15 is 0 Å². The van der Waals surface area contributed by atoms with Crippen LogP contribution in [0.15, 0.2) is 23.8 Å². The van der Waals surface area contributed by atoms with Crippen molar-refractivity contribution in [3.8, 4) is 0 Å². The van der Waals surface area contributed by atoms with E-state index in [1.54, 1.807) is 0 Å². The van der Waals surface area contributed by atoms with Gasteiger partial charge in [0.15, 0.2) is 0 Å². The molecule has 32 heavy (non-hydrogen) atoms. The molecule has 0 spiro atoms. The van der Waals surface area contributed by atoms with Gasteiger partial charge in [0.25, 0.3) is 0 Å². The van der Waals surface area contributed by atoms with Crippen LogP contribution in [0.1, 0.15) is 0 Å². The van der Waals surface area contributed by atoms with Gasteiger partial charge >= 0.3 is 15.2 Å². The van der Waals surface area contributed by atoms with Crippen LogP contribution in [0.25, 0.3) is 0 Å². The molecular formula is C16H24Br8O6P2. The maximum atomic E-state index is 13.7. The second kappa shape index (κ2) is 18.8. The van der Waals surface area contributed by atoms with Gasteiger partial charge in [-0.3, -0.25) is 9.13 Å². The van der Waals surface area contributed by atoms with Crippen molar-refractivity contribution in [2.45, 2.75) is 19.3 Å². The van der Waals surface area contributed by atoms with Crippen molar-refractivity contribution in [1.29, 1.82) is 0 Å². The minimum atomic E-state index is -3.98. The average Bonchev–Trinajstić information content (AvgIpc) is 2.81. The van der Waals surface area contributed by atoms with E-state index in [0.29, 0.717) is 21.3 Å². The maximum Gasteiger partial charge on any atom is 0.361 e. The molecular weight excluding hydrogens is 989 g/mol. The molecule has 0 heterocycles. The van der Waals surface area contributed by atoms with Gasteiger partial charge in [-0.15, -0.1) is 0 Å². The largest absolute Gasteiger partial charge is 0.361 e. The topological polar surface area (TPSA) is 71.1 Å².